The molecule has 0 atom stereocenters. The molecule has 2 aliphatic rings. The predicted octanol–water partition coefficient (Wildman–Crippen LogP) is 1.87. The molecule has 0 spiro atoms. The number of ether oxygens (including phenoxy) is 1. The van der Waals surface area contributed by atoms with Crippen LogP contribution >= 0.6 is 0 Å². The molecular weight excluding hydrogens is 315 g/mol. The molecule has 0 aromatic heterocycles. The molecule has 118 valence electrons. The first-order valence-electron chi connectivity index (χ1n) is 6.26. The highest BCUT2D eigenvalue weighted by Crippen LogP contribution is 2.24. The Morgan fingerprint density at radius 2 is 1.87 bits per heavy atom. The minimum atomic E-state index is -1.61. The highest BCUT2D eigenvalue weighted by atomic mass is 19.2. The van der Waals surface area contributed by atoms with Crippen LogP contribution in [-0.4, -0.2) is 27.8 Å². The third-order valence-corrected chi connectivity index (χ3v) is 3.23. The second-order valence-electron chi connectivity index (χ2n) is 4.61. The summed E-state index contributed by atoms with van der Waals surface area (Å²) in [4.78, 5) is 23.5. The van der Waals surface area contributed by atoms with Crippen molar-refractivity contribution in [1.82, 2.24) is 14.8 Å². The number of esters is 1. The zero-order valence-corrected chi connectivity index (χ0v) is 11.6. The number of halogens is 3. The lowest BCUT2D eigenvalue weighted by atomic mass is 10.1. The molecular formula is C14H8F3N3O3. The topological polar surface area (TPSA) is 77.0 Å². The Bertz CT molecular complexity index is 925. The van der Waals surface area contributed by atoms with E-state index in [4.69, 9.17) is 0 Å². The minimum Gasteiger partial charge on any atom is -0.465 e. The van der Waals surface area contributed by atoms with Crippen LogP contribution < -0.4 is 5.56 Å². The van der Waals surface area contributed by atoms with Crippen molar-refractivity contribution < 1.29 is 22.7 Å². The van der Waals surface area contributed by atoms with Crippen molar-refractivity contribution >= 4 is 5.97 Å². The summed E-state index contributed by atoms with van der Waals surface area (Å²) in [5, 5.41) is 5.88. The maximum Gasteiger partial charge on any atom is 0.341 e. The fourth-order valence-electron chi connectivity index (χ4n) is 2.14. The molecule has 0 unspecified atom stereocenters. The van der Waals surface area contributed by atoms with Gasteiger partial charge in [0.1, 0.15) is 11.3 Å². The van der Waals surface area contributed by atoms with E-state index in [-0.39, 0.29) is 22.5 Å². The van der Waals surface area contributed by atoms with Gasteiger partial charge >= 0.3 is 5.97 Å². The van der Waals surface area contributed by atoms with Crippen LogP contribution in [0.1, 0.15) is 10.4 Å². The number of carbonyl (C=O) groups excluding carboxylic acids is 1. The maximum atomic E-state index is 13.4. The van der Waals surface area contributed by atoms with Crippen molar-refractivity contribution in [2.45, 2.75) is 0 Å². The highest BCUT2D eigenvalue weighted by molar-refractivity contribution is 5.96. The van der Waals surface area contributed by atoms with Crippen LogP contribution in [0.3, 0.4) is 0 Å². The summed E-state index contributed by atoms with van der Waals surface area (Å²) in [6, 6.07) is 1.46. The highest BCUT2D eigenvalue weighted by Gasteiger charge is 2.22. The number of hydrogen-bond donors (Lipinski definition) is 1. The third-order valence-electron chi connectivity index (χ3n) is 3.23. The molecule has 9 heteroatoms. The van der Waals surface area contributed by atoms with E-state index in [1.165, 1.54) is 12.4 Å². The third kappa shape index (κ3) is 2.35. The first-order chi connectivity index (χ1) is 10.9. The van der Waals surface area contributed by atoms with Gasteiger partial charge in [0, 0.05) is 24.5 Å². The largest absolute Gasteiger partial charge is 0.465 e. The number of benzene rings is 1. The Labute approximate surface area is 126 Å². The second kappa shape index (κ2) is 5.27. The molecule has 0 fully saturated rings. The SMILES string of the molecule is COC(=O)c1cn(-c2cc(F)c(F)c(F)c2)cc2c(=O)[nH]nc1-2. The molecule has 0 saturated heterocycles. The van der Waals surface area contributed by atoms with Crippen LogP contribution in [0, 0.1) is 17.5 Å². The quantitative estimate of drug-likeness (QED) is 0.577. The number of nitrogens with one attached hydrogen (secondary N) is 1. The van der Waals surface area contributed by atoms with Gasteiger partial charge < -0.3 is 9.30 Å². The Morgan fingerprint density at radius 1 is 1.22 bits per heavy atom. The summed E-state index contributed by atoms with van der Waals surface area (Å²) in [5.74, 6) is -5.21. The van der Waals surface area contributed by atoms with Crippen LogP contribution in [0.25, 0.3) is 16.9 Å². The van der Waals surface area contributed by atoms with E-state index in [1.54, 1.807) is 0 Å². The van der Waals surface area contributed by atoms with E-state index in [1.807, 2.05) is 0 Å². The Kier molecular flexibility index (Phi) is 3.40. The number of rotatable bonds is 2. The Morgan fingerprint density at radius 3 is 2.48 bits per heavy atom. The molecule has 1 N–H and O–H groups in total. The molecule has 1 aromatic carbocycles. The molecule has 23 heavy (non-hydrogen) atoms. The Balaban J connectivity index is 2.30. The van der Waals surface area contributed by atoms with Crippen molar-refractivity contribution in [2.75, 3.05) is 7.11 Å². The average Bonchev–Trinajstić information content (AvgIpc) is 2.92. The van der Waals surface area contributed by atoms with Gasteiger partial charge in [-0.25, -0.2) is 23.1 Å². The molecule has 0 saturated carbocycles. The molecule has 3 rings (SSSR count). The smallest absolute Gasteiger partial charge is 0.341 e. The van der Waals surface area contributed by atoms with Crippen molar-refractivity contribution in [3.05, 3.63) is 57.9 Å². The van der Waals surface area contributed by atoms with Gasteiger partial charge in [-0.15, -0.1) is 0 Å². The monoisotopic (exact) mass is 323 g/mol. The lowest BCUT2D eigenvalue weighted by Crippen LogP contribution is -2.11. The average molecular weight is 323 g/mol. The summed E-state index contributed by atoms with van der Waals surface area (Å²) >= 11 is 0. The summed E-state index contributed by atoms with van der Waals surface area (Å²) in [6.45, 7) is 0. The molecule has 0 amide bonds. The summed E-state index contributed by atoms with van der Waals surface area (Å²) in [7, 11) is 1.13. The van der Waals surface area contributed by atoms with E-state index < -0.39 is 29.0 Å². The molecule has 2 heterocycles. The lowest BCUT2D eigenvalue weighted by molar-refractivity contribution is 0.0600. The van der Waals surface area contributed by atoms with Crippen LogP contribution in [0.5, 0.6) is 0 Å². The fraction of sp³-hybridized carbons (Fsp3) is 0.0714. The fourth-order valence-corrected chi connectivity index (χ4v) is 2.14. The van der Waals surface area contributed by atoms with Gasteiger partial charge in [-0.05, 0) is 0 Å². The minimum absolute atomic E-state index is 0.0121. The lowest BCUT2D eigenvalue weighted by Gasteiger charge is -2.12. The zero-order chi connectivity index (χ0) is 16.7. The Hall–Kier alpha value is -3.10. The van der Waals surface area contributed by atoms with Gasteiger partial charge in [-0.3, -0.25) is 4.79 Å². The first-order valence-corrected chi connectivity index (χ1v) is 6.26. The first kappa shape index (κ1) is 14.8. The van der Waals surface area contributed by atoms with Gasteiger partial charge in [0.15, 0.2) is 17.5 Å². The van der Waals surface area contributed by atoms with Gasteiger partial charge in [0.25, 0.3) is 5.56 Å². The van der Waals surface area contributed by atoms with Crippen LogP contribution in [-0.2, 0) is 4.74 Å². The van der Waals surface area contributed by atoms with Gasteiger partial charge in [-0.1, -0.05) is 0 Å². The standard InChI is InChI=1S/C14H8F3N3O3/c1-23-14(22)8-5-20(4-7-12(8)18-19-13(7)21)6-2-9(15)11(17)10(16)3-6/h2-5H,1H3,(H,19,21). The molecule has 0 aliphatic carbocycles. The van der Waals surface area contributed by atoms with Crippen LogP contribution in [0.15, 0.2) is 29.3 Å². The number of H-pyrrole nitrogens is 1. The number of methoxy groups -OCH3 is 1. The van der Waals surface area contributed by atoms with Crippen LogP contribution in [0.4, 0.5) is 13.2 Å². The number of fused-ring (bicyclic) bond motifs is 1. The summed E-state index contributed by atoms with van der Waals surface area (Å²) < 4.78 is 45.5. The van der Waals surface area contributed by atoms with Crippen molar-refractivity contribution in [2.24, 2.45) is 0 Å². The molecule has 2 aliphatic heterocycles. The number of hydrogen-bond acceptors (Lipinski definition) is 4. The molecule has 0 bridgehead atoms. The number of nitrogens with zero attached hydrogens (tertiary/aromatic N) is 2. The normalized spacial score (nSPS) is 11.0. The number of carbonyl (C=O) groups is 1. The molecule has 0 radical (unpaired) electrons. The van der Waals surface area contributed by atoms with E-state index in [0.29, 0.717) is 0 Å². The van der Waals surface area contributed by atoms with Crippen molar-refractivity contribution in [1.29, 1.82) is 0 Å². The van der Waals surface area contributed by atoms with Crippen molar-refractivity contribution in [3.63, 3.8) is 0 Å². The van der Waals surface area contributed by atoms with Gasteiger partial charge in [0.2, 0.25) is 0 Å². The molecule has 1 aromatic rings. The number of aromatic nitrogens is 3. The van der Waals surface area contributed by atoms with E-state index in [0.717, 1.165) is 23.8 Å². The van der Waals surface area contributed by atoms with Crippen molar-refractivity contribution in [3.8, 4) is 16.9 Å². The van der Waals surface area contributed by atoms with E-state index in [9.17, 15) is 22.8 Å². The maximum absolute atomic E-state index is 13.4. The molecule has 6 nitrogen and oxygen atoms in total. The van der Waals surface area contributed by atoms with Gasteiger partial charge in [0.05, 0.1) is 18.4 Å². The van der Waals surface area contributed by atoms with E-state index >= 15 is 0 Å². The van der Waals surface area contributed by atoms with Gasteiger partial charge in [-0.2, -0.15) is 5.10 Å². The number of pyridine rings is 1. The van der Waals surface area contributed by atoms with E-state index in [2.05, 4.69) is 14.9 Å². The summed E-state index contributed by atoms with van der Waals surface area (Å²) in [5.41, 5.74) is -0.732. The predicted molar refractivity (Wildman–Crippen MR) is 72.0 cm³/mol. The second-order valence-corrected chi connectivity index (χ2v) is 4.61. The zero-order valence-electron chi connectivity index (χ0n) is 11.6. The number of aromatic amines is 1. The van der Waals surface area contributed by atoms with Crippen LogP contribution in [0.2, 0.25) is 0 Å². The summed E-state index contributed by atoms with van der Waals surface area (Å²) in [6.07, 6.45) is 2.40.